The van der Waals surface area contributed by atoms with E-state index in [1.807, 2.05) is 0 Å². The van der Waals surface area contributed by atoms with Gasteiger partial charge in [0, 0.05) is 17.4 Å². The number of fused-ring (bicyclic) bond motifs is 1. The van der Waals surface area contributed by atoms with Crippen molar-refractivity contribution in [2.75, 3.05) is 16.0 Å². The van der Waals surface area contributed by atoms with Crippen LogP contribution in [-0.2, 0) is 11.0 Å². The highest BCUT2D eigenvalue weighted by atomic mass is 19.4. The third-order valence-electron chi connectivity index (χ3n) is 5.72. The van der Waals surface area contributed by atoms with Gasteiger partial charge >= 0.3 is 6.18 Å². The van der Waals surface area contributed by atoms with Crippen LogP contribution in [0.5, 0.6) is 5.75 Å². The summed E-state index contributed by atoms with van der Waals surface area (Å²) in [6.45, 7) is 1.62. The zero-order valence-electron chi connectivity index (χ0n) is 17.5. The van der Waals surface area contributed by atoms with Crippen molar-refractivity contribution in [3.8, 4) is 5.75 Å². The van der Waals surface area contributed by atoms with Gasteiger partial charge < -0.3 is 20.7 Å². The summed E-state index contributed by atoms with van der Waals surface area (Å²) < 4.78 is 45.3. The fourth-order valence-electron chi connectivity index (χ4n) is 3.99. The van der Waals surface area contributed by atoms with Crippen LogP contribution in [0.4, 0.5) is 30.2 Å². The van der Waals surface area contributed by atoms with Gasteiger partial charge in [-0.3, -0.25) is 9.59 Å². The number of ether oxygens (including phenoxy) is 1. The van der Waals surface area contributed by atoms with E-state index in [0.717, 1.165) is 44.2 Å². The van der Waals surface area contributed by atoms with Crippen molar-refractivity contribution in [3.63, 3.8) is 0 Å². The molecule has 1 atom stereocenters. The molecule has 2 amide bonds. The first-order chi connectivity index (χ1) is 15.2. The van der Waals surface area contributed by atoms with Gasteiger partial charge in [-0.1, -0.05) is 19.3 Å². The Morgan fingerprint density at radius 1 is 1.09 bits per heavy atom. The van der Waals surface area contributed by atoms with Gasteiger partial charge in [0.1, 0.15) is 5.75 Å². The van der Waals surface area contributed by atoms with Gasteiger partial charge in [-0.05, 0) is 56.2 Å². The summed E-state index contributed by atoms with van der Waals surface area (Å²) in [4.78, 5) is 24.8. The molecule has 0 radical (unpaired) electrons. The minimum Gasteiger partial charge on any atom is -0.479 e. The van der Waals surface area contributed by atoms with Crippen LogP contribution in [0, 0.1) is 0 Å². The average molecular weight is 447 g/mol. The Morgan fingerprint density at radius 2 is 1.84 bits per heavy atom. The smallest absolute Gasteiger partial charge is 0.416 e. The lowest BCUT2D eigenvalue weighted by molar-refractivity contribution is -0.137. The monoisotopic (exact) mass is 447 g/mol. The largest absolute Gasteiger partial charge is 0.479 e. The Balaban J connectivity index is 1.58. The van der Waals surface area contributed by atoms with Gasteiger partial charge in [0.05, 0.1) is 16.8 Å². The lowest BCUT2D eigenvalue weighted by atomic mass is 9.94. The van der Waals surface area contributed by atoms with E-state index in [1.54, 1.807) is 25.1 Å². The highest BCUT2D eigenvalue weighted by Crippen LogP contribution is 2.35. The van der Waals surface area contributed by atoms with E-state index < -0.39 is 23.8 Å². The summed E-state index contributed by atoms with van der Waals surface area (Å²) in [5.74, 6) is -0.375. The lowest BCUT2D eigenvalue weighted by Gasteiger charge is -2.26. The van der Waals surface area contributed by atoms with Crippen molar-refractivity contribution in [1.82, 2.24) is 0 Å². The first kappa shape index (κ1) is 22.0. The van der Waals surface area contributed by atoms with Gasteiger partial charge in [-0.2, -0.15) is 13.2 Å². The summed E-state index contributed by atoms with van der Waals surface area (Å²) in [7, 11) is 0. The number of rotatable bonds is 4. The Kier molecular flexibility index (Phi) is 5.99. The van der Waals surface area contributed by atoms with Crippen molar-refractivity contribution in [2.45, 2.75) is 57.3 Å². The number of carbonyl (C=O) groups is 2. The van der Waals surface area contributed by atoms with Crippen molar-refractivity contribution < 1.29 is 27.5 Å². The number of hydrogen-bond acceptors (Lipinski definition) is 4. The lowest BCUT2D eigenvalue weighted by Crippen LogP contribution is -2.34. The number of hydrogen-bond donors (Lipinski definition) is 3. The topological polar surface area (TPSA) is 79.5 Å². The molecule has 1 fully saturated rings. The highest BCUT2D eigenvalue weighted by Gasteiger charge is 2.32. The Labute approximate surface area is 183 Å². The van der Waals surface area contributed by atoms with Crippen LogP contribution in [0.15, 0.2) is 36.4 Å². The number of amides is 2. The summed E-state index contributed by atoms with van der Waals surface area (Å²) in [6, 6.07) is 7.89. The van der Waals surface area contributed by atoms with Crippen LogP contribution in [0.3, 0.4) is 0 Å². The summed E-state index contributed by atoms with van der Waals surface area (Å²) in [5, 5.41) is 8.55. The predicted molar refractivity (Wildman–Crippen MR) is 115 cm³/mol. The van der Waals surface area contributed by atoms with Crippen LogP contribution in [-0.4, -0.2) is 24.0 Å². The summed E-state index contributed by atoms with van der Waals surface area (Å²) in [5.41, 5.74) is 0.271. The van der Waals surface area contributed by atoms with Crippen molar-refractivity contribution in [1.29, 1.82) is 0 Å². The molecule has 1 aliphatic heterocycles. The molecule has 0 aromatic heterocycles. The van der Waals surface area contributed by atoms with Crippen LogP contribution in [0.1, 0.15) is 54.9 Å². The first-order valence-electron chi connectivity index (χ1n) is 10.6. The third kappa shape index (κ3) is 4.81. The van der Waals surface area contributed by atoms with Crippen LogP contribution in [0.2, 0.25) is 0 Å². The van der Waals surface area contributed by atoms with E-state index in [-0.39, 0.29) is 23.2 Å². The van der Waals surface area contributed by atoms with Crippen LogP contribution in [0.25, 0.3) is 0 Å². The SMILES string of the molecule is CC1Oc2ccc(NC(=O)c3ccc(C(F)(F)F)cc3NC3CCCCC3)cc2NC1=O. The standard InChI is InChI=1S/C23H24F3N3O3/c1-13-21(30)29-19-12-16(8-10-20(19)32-13)28-22(31)17-9-7-14(23(24,25)26)11-18(17)27-15-5-3-2-4-6-15/h7-13,15,27H,2-6H2,1H3,(H,28,31)(H,29,30). The van der Waals surface area contributed by atoms with E-state index in [9.17, 15) is 22.8 Å². The fourth-order valence-corrected chi connectivity index (χ4v) is 3.99. The molecule has 1 unspecified atom stereocenters. The Bertz CT molecular complexity index is 1030. The molecule has 1 saturated carbocycles. The molecule has 0 saturated heterocycles. The molecule has 9 heteroatoms. The summed E-state index contributed by atoms with van der Waals surface area (Å²) >= 11 is 0. The van der Waals surface area contributed by atoms with Crippen molar-refractivity contribution in [2.24, 2.45) is 0 Å². The molecular weight excluding hydrogens is 423 g/mol. The molecule has 6 nitrogen and oxygen atoms in total. The molecule has 1 aliphatic carbocycles. The minimum atomic E-state index is -4.51. The maximum Gasteiger partial charge on any atom is 0.416 e. The number of alkyl halides is 3. The number of carbonyl (C=O) groups excluding carboxylic acids is 2. The van der Waals surface area contributed by atoms with Crippen molar-refractivity contribution >= 4 is 28.9 Å². The number of benzene rings is 2. The zero-order valence-corrected chi connectivity index (χ0v) is 17.5. The van der Waals surface area contributed by atoms with Crippen LogP contribution >= 0.6 is 0 Å². The van der Waals surface area contributed by atoms with E-state index in [1.165, 1.54) is 6.07 Å². The number of anilines is 3. The van der Waals surface area contributed by atoms with E-state index >= 15 is 0 Å². The van der Waals surface area contributed by atoms with Gasteiger partial charge in [0.15, 0.2) is 6.10 Å². The second-order valence-electron chi connectivity index (χ2n) is 8.15. The van der Waals surface area contributed by atoms with Gasteiger partial charge in [0.25, 0.3) is 11.8 Å². The first-order valence-corrected chi connectivity index (χ1v) is 10.6. The molecule has 170 valence electrons. The molecular formula is C23H24F3N3O3. The highest BCUT2D eigenvalue weighted by molar-refractivity contribution is 6.08. The van der Waals surface area contributed by atoms with E-state index in [0.29, 0.717) is 17.1 Å². The van der Waals surface area contributed by atoms with Gasteiger partial charge in [-0.25, -0.2) is 0 Å². The number of nitrogens with one attached hydrogen (secondary N) is 3. The third-order valence-corrected chi connectivity index (χ3v) is 5.72. The molecule has 0 bridgehead atoms. The van der Waals surface area contributed by atoms with E-state index in [4.69, 9.17) is 4.74 Å². The fraction of sp³-hybridized carbons (Fsp3) is 0.391. The Morgan fingerprint density at radius 3 is 2.56 bits per heavy atom. The quantitative estimate of drug-likeness (QED) is 0.585. The Hall–Kier alpha value is -3.23. The molecule has 1 heterocycles. The second-order valence-corrected chi connectivity index (χ2v) is 8.15. The average Bonchev–Trinajstić information content (AvgIpc) is 2.75. The number of halogens is 3. The second kappa shape index (κ2) is 8.72. The zero-order chi connectivity index (χ0) is 22.9. The van der Waals surface area contributed by atoms with Crippen molar-refractivity contribution in [3.05, 3.63) is 47.5 Å². The molecule has 0 spiro atoms. The van der Waals surface area contributed by atoms with Crippen LogP contribution < -0.4 is 20.7 Å². The van der Waals surface area contributed by atoms with Gasteiger partial charge in [-0.15, -0.1) is 0 Å². The molecule has 32 heavy (non-hydrogen) atoms. The molecule has 3 N–H and O–H groups in total. The van der Waals surface area contributed by atoms with E-state index in [2.05, 4.69) is 16.0 Å². The normalized spacial score (nSPS) is 18.9. The van der Waals surface area contributed by atoms with Gasteiger partial charge in [0.2, 0.25) is 0 Å². The maximum absolute atomic E-state index is 13.3. The minimum absolute atomic E-state index is 0.0249. The maximum atomic E-state index is 13.3. The molecule has 4 rings (SSSR count). The summed E-state index contributed by atoms with van der Waals surface area (Å²) in [6.07, 6.45) is -0.333. The predicted octanol–water partition coefficient (Wildman–Crippen LogP) is 5.42. The molecule has 2 aromatic rings. The molecule has 2 aliphatic rings. The molecule has 2 aromatic carbocycles.